The number of thiophene rings is 1. The molecule has 1 fully saturated rings. The quantitative estimate of drug-likeness (QED) is 0.769. The summed E-state index contributed by atoms with van der Waals surface area (Å²) in [5.41, 5.74) is 0.948. The molecule has 1 aliphatic heterocycles. The predicted octanol–water partition coefficient (Wildman–Crippen LogP) is 3.72. The summed E-state index contributed by atoms with van der Waals surface area (Å²) in [6.07, 6.45) is 5.88. The molecule has 0 saturated carbocycles. The molecule has 0 unspecified atom stereocenters. The summed E-state index contributed by atoms with van der Waals surface area (Å²) in [5.74, 6) is 0.720. The van der Waals surface area contributed by atoms with Crippen molar-refractivity contribution >= 4 is 23.3 Å². The highest BCUT2D eigenvalue weighted by Crippen LogP contribution is 2.27. The summed E-state index contributed by atoms with van der Waals surface area (Å²) in [4.78, 5) is 16.0. The molecule has 1 atom stereocenters. The zero-order valence-electron chi connectivity index (χ0n) is 14.5. The summed E-state index contributed by atoms with van der Waals surface area (Å²) >= 11 is 1.76. The lowest BCUT2D eigenvalue weighted by Gasteiger charge is -2.26. The van der Waals surface area contributed by atoms with Gasteiger partial charge in [0.2, 0.25) is 5.91 Å². The first kappa shape index (κ1) is 17.7. The average molecular weight is 356 g/mol. The first-order valence-electron chi connectivity index (χ1n) is 8.63. The Morgan fingerprint density at radius 1 is 1.32 bits per heavy atom. The van der Waals surface area contributed by atoms with E-state index in [1.807, 2.05) is 30.3 Å². The fraction of sp³-hybridized carbons (Fsp3) is 0.350. The van der Waals surface area contributed by atoms with Gasteiger partial charge in [-0.3, -0.25) is 9.69 Å². The van der Waals surface area contributed by atoms with Gasteiger partial charge in [0.05, 0.1) is 13.2 Å². The molecular formula is C20H24N2O2S. The topological polar surface area (TPSA) is 41.6 Å². The van der Waals surface area contributed by atoms with Gasteiger partial charge in [-0.05, 0) is 61.1 Å². The van der Waals surface area contributed by atoms with Crippen LogP contribution in [0.15, 0.2) is 47.9 Å². The molecule has 0 aliphatic carbocycles. The van der Waals surface area contributed by atoms with Gasteiger partial charge in [0.25, 0.3) is 0 Å². The maximum atomic E-state index is 12.2. The lowest BCUT2D eigenvalue weighted by molar-refractivity contribution is -0.116. The largest absolute Gasteiger partial charge is 0.497 e. The molecule has 3 rings (SSSR count). The number of carbonyl (C=O) groups is 1. The van der Waals surface area contributed by atoms with Crippen molar-refractivity contribution in [1.82, 2.24) is 10.2 Å². The Balaban J connectivity index is 1.58. The molecule has 1 aliphatic rings. The van der Waals surface area contributed by atoms with E-state index in [4.69, 9.17) is 4.74 Å². The van der Waals surface area contributed by atoms with E-state index in [1.165, 1.54) is 17.7 Å². The molecule has 1 aromatic carbocycles. The fourth-order valence-corrected chi connectivity index (χ4v) is 3.98. The third-order valence-corrected chi connectivity index (χ3v) is 5.42. The molecule has 0 spiro atoms. The van der Waals surface area contributed by atoms with Gasteiger partial charge in [-0.1, -0.05) is 18.2 Å². The van der Waals surface area contributed by atoms with Crippen molar-refractivity contribution in [3.8, 4) is 5.75 Å². The Labute approximate surface area is 153 Å². The monoisotopic (exact) mass is 356 g/mol. The van der Waals surface area contributed by atoms with Crippen LogP contribution in [0.2, 0.25) is 0 Å². The molecule has 4 nitrogen and oxygen atoms in total. The maximum Gasteiger partial charge on any atom is 0.244 e. The number of rotatable bonds is 7. The molecule has 0 bridgehead atoms. The van der Waals surface area contributed by atoms with E-state index in [0.29, 0.717) is 6.54 Å². The molecule has 1 aromatic heterocycles. The average Bonchev–Trinajstić information content (AvgIpc) is 3.35. The van der Waals surface area contributed by atoms with Gasteiger partial charge < -0.3 is 10.1 Å². The van der Waals surface area contributed by atoms with E-state index in [0.717, 1.165) is 24.4 Å². The Morgan fingerprint density at radius 2 is 2.16 bits per heavy atom. The number of methoxy groups -OCH3 is 1. The lowest BCUT2D eigenvalue weighted by Crippen LogP contribution is -2.35. The minimum Gasteiger partial charge on any atom is -0.497 e. The molecule has 2 aromatic rings. The second-order valence-corrected chi connectivity index (χ2v) is 7.11. The number of nitrogens with one attached hydrogen (secondary N) is 1. The minimum atomic E-state index is -0.0661. The first-order chi connectivity index (χ1) is 12.3. The van der Waals surface area contributed by atoms with Gasteiger partial charge in [0.1, 0.15) is 5.75 Å². The number of hydrogen-bond donors (Lipinski definition) is 1. The molecular weight excluding hydrogens is 332 g/mol. The number of benzene rings is 1. The highest BCUT2D eigenvalue weighted by molar-refractivity contribution is 7.10. The van der Waals surface area contributed by atoms with Crippen LogP contribution in [-0.4, -0.2) is 37.6 Å². The van der Waals surface area contributed by atoms with E-state index in [1.54, 1.807) is 24.5 Å². The normalized spacial score (nSPS) is 16.2. The van der Waals surface area contributed by atoms with Crippen LogP contribution < -0.4 is 10.1 Å². The van der Waals surface area contributed by atoms with Gasteiger partial charge in [-0.2, -0.15) is 0 Å². The van der Waals surface area contributed by atoms with Crippen LogP contribution in [-0.2, 0) is 4.79 Å². The fourth-order valence-electron chi connectivity index (χ4n) is 3.12. The number of likely N-dealkylation sites (tertiary alicyclic amines) is 1. The standard InChI is InChI=1S/C20H24N2O2S/c1-24-17-7-4-6-16(14-17)9-10-20(23)21-15-18(19-8-5-13-25-19)22-11-2-3-12-22/h4-10,13-14,18H,2-3,11-12,15H2,1H3,(H,21,23)/b10-9+/t18-/m0/s1. The van der Waals surface area contributed by atoms with Crippen molar-refractivity contribution in [3.05, 3.63) is 58.3 Å². The zero-order valence-corrected chi connectivity index (χ0v) is 15.3. The van der Waals surface area contributed by atoms with Gasteiger partial charge >= 0.3 is 0 Å². The van der Waals surface area contributed by atoms with Crippen molar-refractivity contribution in [1.29, 1.82) is 0 Å². The molecule has 5 heteroatoms. The Kier molecular flexibility index (Phi) is 6.25. The number of ether oxygens (including phenoxy) is 1. The molecule has 25 heavy (non-hydrogen) atoms. The summed E-state index contributed by atoms with van der Waals surface area (Å²) in [6.45, 7) is 2.86. The van der Waals surface area contributed by atoms with Crippen molar-refractivity contribution in [2.75, 3.05) is 26.7 Å². The van der Waals surface area contributed by atoms with E-state index >= 15 is 0 Å². The predicted molar refractivity (Wildman–Crippen MR) is 103 cm³/mol. The number of amides is 1. The highest BCUT2D eigenvalue weighted by Gasteiger charge is 2.24. The SMILES string of the molecule is COc1cccc(/C=C/C(=O)NC[C@@H](c2cccs2)N2CCCC2)c1. The Bertz CT molecular complexity index is 706. The molecule has 1 N–H and O–H groups in total. The summed E-state index contributed by atoms with van der Waals surface area (Å²) in [5, 5.41) is 5.15. The summed E-state index contributed by atoms with van der Waals surface area (Å²) < 4.78 is 5.20. The van der Waals surface area contributed by atoms with E-state index in [-0.39, 0.29) is 11.9 Å². The van der Waals surface area contributed by atoms with Crippen LogP contribution in [0.3, 0.4) is 0 Å². The van der Waals surface area contributed by atoms with Crippen molar-refractivity contribution in [2.45, 2.75) is 18.9 Å². The van der Waals surface area contributed by atoms with E-state index < -0.39 is 0 Å². The van der Waals surface area contributed by atoms with Crippen LogP contribution in [0, 0.1) is 0 Å². The van der Waals surface area contributed by atoms with Crippen LogP contribution >= 0.6 is 11.3 Å². The van der Waals surface area contributed by atoms with E-state index in [9.17, 15) is 4.79 Å². The third-order valence-electron chi connectivity index (χ3n) is 4.44. The molecule has 1 amide bonds. The second kappa shape index (κ2) is 8.83. The minimum absolute atomic E-state index is 0.0661. The number of hydrogen-bond acceptors (Lipinski definition) is 4. The first-order valence-corrected chi connectivity index (χ1v) is 9.51. The molecule has 0 radical (unpaired) electrons. The van der Waals surface area contributed by atoms with E-state index in [2.05, 4.69) is 27.7 Å². The molecule has 132 valence electrons. The van der Waals surface area contributed by atoms with Crippen LogP contribution in [0.5, 0.6) is 5.75 Å². The number of nitrogens with zero attached hydrogens (tertiary/aromatic N) is 1. The van der Waals surface area contributed by atoms with Crippen molar-refractivity contribution in [2.24, 2.45) is 0 Å². The smallest absolute Gasteiger partial charge is 0.244 e. The second-order valence-electron chi connectivity index (χ2n) is 6.13. The maximum absolute atomic E-state index is 12.2. The van der Waals surface area contributed by atoms with Crippen molar-refractivity contribution < 1.29 is 9.53 Å². The Morgan fingerprint density at radius 3 is 2.88 bits per heavy atom. The van der Waals surface area contributed by atoms with Crippen LogP contribution in [0.4, 0.5) is 0 Å². The van der Waals surface area contributed by atoms with Gasteiger partial charge in [0.15, 0.2) is 0 Å². The molecule has 1 saturated heterocycles. The van der Waals surface area contributed by atoms with Gasteiger partial charge in [0, 0.05) is 17.5 Å². The summed E-state index contributed by atoms with van der Waals surface area (Å²) in [7, 11) is 1.64. The molecule has 2 heterocycles. The van der Waals surface area contributed by atoms with Crippen LogP contribution in [0.1, 0.15) is 29.3 Å². The zero-order chi connectivity index (χ0) is 17.5. The van der Waals surface area contributed by atoms with Crippen molar-refractivity contribution in [3.63, 3.8) is 0 Å². The lowest BCUT2D eigenvalue weighted by atomic mass is 10.2. The van der Waals surface area contributed by atoms with Gasteiger partial charge in [-0.25, -0.2) is 0 Å². The third kappa shape index (κ3) is 4.94. The van der Waals surface area contributed by atoms with Crippen LogP contribution in [0.25, 0.3) is 6.08 Å². The van der Waals surface area contributed by atoms with Gasteiger partial charge in [-0.15, -0.1) is 11.3 Å². The highest BCUT2D eigenvalue weighted by atomic mass is 32.1. The Hall–Kier alpha value is -2.11. The summed E-state index contributed by atoms with van der Waals surface area (Å²) in [6, 6.07) is 12.2. The number of carbonyl (C=O) groups excluding carboxylic acids is 1.